The molecule has 0 aliphatic heterocycles. The van der Waals surface area contributed by atoms with E-state index in [9.17, 15) is 9.59 Å². The maximum Gasteiger partial charge on any atom is 0.301 e. The van der Waals surface area contributed by atoms with Crippen molar-refractivity contribution in [1.82, 2.24) is 9.78 Å². The van der Waals surface area contributed by atoms with Gasteiger partial charge in [-0.15, -0.1) is 10.2 Å². The van der Waals surface area contributed by atoms with Crippen LogP contribution in [0.25, 0.3) is 16.5 Å². The molecule has 0 fully saturated rings. The number of methoxy groups -OCH3 is 1. The van der Waals surface area contributed by atoms with Crippen LogP contribution in [0, 0.1) is 0 Å². The lowest BCUT2D eigenvalue weighted by molar-refractivity contribution is -0.116. The molecule has 4 aromatic carbocycles. The van der Waals surface area contributed by atoms with Crippen LogP contribution >= 0.6 is 34.8 Å². The third kappa shape index (κ3) is 10.4. The van der Waals surface area contributed by atoms with E-state index >= 15 is 0 Å². The minimum atomic E-state index is -0.562. The third-order valence-electron chi connectivity index (χ3n) is 8.85. The highest BCUT2D eigenvalue weighted by Gasteiger charge is 2.21. The molecule has 9 nitrogen and oxygen atoms in total. The Kier molecular flexibility index (Phi) is 14.6. The van der Waals surface area contributed by atoms with Crippen LogP contribution in [0.5, 0.6) is 5.75 Å². The fourth-order valence-corrected chi connectivity index (χ4v) is 7.09. The van der Waals surface area contributed by atoms with Crippen LogP contribution in [0.3, 0.4) is 0 Å². The molecule has 0 aliphatic carbocycles. The molecule has 0 radical (unpaired) electrons. The van der Waals surface area contributed by atoms with Crippen LogP contribution in [0.1, 0.15) is 84.0 Å². The number of hydrogen-bond acceptors (Lipinski definition) is 6. The van der Waals surface area contributed by atoms with E-state index in [1.807, 2.05) is 42.5 Å². The number of rotatable bonds is 19. The first-order valence-corrected chi connectivity index (χ1v) is 19.1. The van der Waals surface area contributed by atoms with Crippen LogP contribution in [0.15, 0.2) is 87.8 Å². The summed E-state index contributed by atoms with van der Waals surface area (Å²) in [5, 5.41) is 20.7. The number of nitrogens with zero attached hydrogens (tertiary/aromatic N) is 3. The largest absolute Gasteiger partial charge is 0.495 e. The van der Waals surface area contributed by atoms with E-state index in [2.05, 4.69) is 32.9 Å². The fraction of sp³-hybridized carbons (Fsp3) is 0.350. The molecular weight excluding hydrogens is 719 g/mol. The Bertz CT molecular complexity index is 2030. The molecule has 1 aromatic heterocycles. The molecule has 5 rings (SSSR count). The molecular formula is C40H45Cl3N6O3. The summed E-state index contributed by atoms with van der Waals surface area (Å²) in [5.41, 5.74) is 1.22. The summed E-state index contributed by atoms with van der Waals surface area (Å²) in [7, 11) is 1.54. The highest BCUT2D eigenvalue weighted by atomic mass is 35.5. The molecule has 274 valence electrons. The molecule has 1 heterocycles. The number of aromatic nitrogens is 2. The van der Waals surface area contributed by atoms with Crippen LogP contribution in [-0.2, 0) is 4.79 Å². The van der Waals surface area contributed by atoms with Crippen molar-refractivity contribution in [3.63, 3.8) is 0 Å². The minimum Gasteiger partial charge on any atom is -0.495 e. The number of amides is 1. The first-order valence-electron chi connectivity index (χ1n) is 17.9. The van der Waals surface area contributed by atoms with Gasteiger partial charge in [0.1, 0.15) is 11.4 Å². The van der Waals surface area contributed by atoms with Gasteiger partial charge in [-0.25, -0.2) is 4.68 Å². The van der Waals surface area contributed by atoms with Crippen LogP contribution in [0.4, 0.5) is 28.6 Å². The molecule has 0 bridgehead atoms. The van der Waals surface area contributed by atoms with E-state index in [-0.39, 0.29) is 33.1 Å². The van der Waals surface area contributed by atoms with Gasteiger partial charge in [-0.05, 0) is 48.2 Å². The first kappa shape index (κ1) is 38.9. The predicted octanol–water partition coefficient (Wildman–Crippen LogP) is 13.1. The highest BCUT2D eigenvalue weighted by molar-refractivity contribution is 6.40. The van der Waals surface area contributed by atoms with Gasteiger partial charge in [0.05, 0.1) is 28.5 Å². The van der Waals surface area contributed by atoms with Crippen LogP contribution in [-0.4, -0.2) is 22.8 Å². The number of H-pyrrole nitrogens is 1. The summed E-state index contributed by atoms with van der Waals surface area (Å²) in [6.07, 6.45) is 13.8. The molecule has 0 spiro atoms. The lowest BCUT2D eigenvalue weighted by Crippen LogP contribution is -2.15. The van der Waals surface area contributed by atoms with E-state index in [1.54, 1.807) is 18.2 Å². The molecule has 3 N–H and O–H groups in total. The molecule has 0 unspecified atom stereocenters. The van der Waals surface area contributed by atoms with Gasteiger partial charge in [-0.2, -0.15) is 0 Å². The van der Waals surface area contributed by atoms with E-state index in [1.165, 1.54) is 75.3 Å². The number of azo groups is 1. The van der Waals surface area contributed by atoms with Crippen molar-refractivity contribution in [1.29, 1.82) is 0 Å². The topological polar surface area (TPSA) is 113 Å². The molecule has 0 saturated carbocycles. The summed E-state index contributed by atoms with van der Waals surface area (Å²) >= 11 is 19.2. The highest BCUT2D eigenvalue weighted by Crippen LogP contribution is 2.37. The Morgan fingerprint density at radius 2 is 1.46 bits per heavy atom. The number of ether oxygens (including phenoxy) is 1. The molecule has 0 aliphatic rings. The summed E-state index contributed by atoms with van der Waals surface area (Å²) in [5.74, 6) is 0.596. The molecule has 5 aromatic rings. The second-order valence-corrected chi connectivity index (χ2v) is 14.0. The number of carbonyl (C=O) groups excluding carboxylic acids is 1. The zero-order chi connectivity index (χ0) is 36.9. The zero-order valence-corrected chi connectivity index (χ0v) is 31.9. The van der Waals surface area contributed by atoms with Gasteiger partial charge < -0.3 is 15.4 Å². The van der Waals surface area contributed by atoms with Gasteiger partial charge in [0.25, 0.3) is 0 Å². The summed E-state index contributed by atoms with van der Waals surface area (Å²) < 4.78 is 6.81. The molecule has 0 atom stereocenters. The Morgan fingerprint density at radius 1 is 0.808 bits per heavy atom. The number of carbonyl (C=O) groups is 1. The van der Waals surface area contributed by atoms with E-state index in [0.717, 1.165) is 30.0 Å². The summed E-state index contributed by atoms with van der Waals surface area (Å²) in [4.78, 5) is 26.8. The lowest BCUT2D eigenvalue weighted by Gasteiger charge is -2.13. The SMILES string of the molecule is CCCCCCCCCCCCCC(=O)Nc1ccc(OC)c(Nc2[nH]n(-c3c(Cl)cc(Cl)cc3Cl)c(=O)c2/N=N/c2cccc3ccccc23)c1. The smallest absolute Gasteiger partial charge is 0.301 e. The Balaban J connectivity index is 1.33. The number of halogens is 3. The second kappa shape index (κ2) is 19.5. The van der Waals surface area contributed by atoms with Gasteiger partial charge in [-0.3, -0.25) is 14.7 Å². The number of nitrogens with one attached hydrogen (secondary N) is 3. The molecule has 52 heavy (non-hydrogen) atoms. The Hall–Kier alpha value is -4.31. The van der Waals surface area contributed by atoms with Crippen molar-refractivity contribution < 1.29 is 9.53 Å². The minimum absolute atomic E-state index is 0.0389. The van der Waals surface area contributed by atoms with Crippen LogP contribution in [0.2, 0.25) is 15.1 Å². The van der Waals surface area contributed by atoms with E-state index < -0.39 is 5.56 Å². The maximum atomic E-state index is 14.0. The quantitative estimate of drug-likeness (QED) is 0.0574. The van der Waals surface area contributed by atoms with Gasteiger partial charge in [0.15, 0.2) is 11.5 Å². The fourth-order valence-electron chi connectivity index (χ4n) is 6.10. The monoisotopic (exact) mass is 762 g/mol. The predicted molar refractivity (Wildman–Crippen MR) is 216 cm³/mol. The normalized spacial score (nSPS) is 11.4. The van der Waals surface area contributed by atoms with Crippen molar-refractivity contribution in [2.45, 2.75) is 84.0 Å². The van der Waals surface area contributed by atoms with Gasteiger partial charge in [0, 0.05) is 22.5 Å². The van der Waals surface area contributed by atoms with E-state index in [4.69, 9.17) is 39.5 Å². The van der Waals surface area contributed by atoms with Crippen molar-refractivity contribution >= 4 is 80.0 Å². The Morgan fingerprint density at radius 3 is 2.15 bits per heavy atom. The van der Waals surface area contributed by atoms with Gasteiger partial charge in [0.2, 0.25) is 5.91 Å². The number of fused-ring (bicyclic) bond motifs is 1. The number of hydrogen-bond donors (Lipinski definition) is 3. The maximum absolute atomic E-state index is 14.0. The molecule has 12 heteroatoms. The van der Waals surface area contributed by atoms with Crippen LogP contribution < -0.4 is 20.9 Å². The van der Waals surface area contributed by atoms with Crippen molar-refractivity contribution in [2.24, 2.45) is 10.2 Å². The standard InChI is InChI=1S/C40H45Cl3N6O3/c1-3-4-5-6-7-8-9-10-11-12-13-21-36(50)44-29-22-23-35(52-2)34(26-29)45-39-37(47-46-33-20-16-18-27-17-14-15-19-30(27)33)40(51)49(48-39)38-31(42)24-28(41)25-32(38)43/h14-20,22-26,45,48H,3-13,21H2,1-2H3,(H,44,50)/b47-46+. The average molecular weight is 764 g/mol. The van der Waals surface area contributed by atoms with Gasteiger partial charge in [-0.1, -0.05) is 142 Å². The third-order valence-corrected chi connectivity index (χ3v) is 9.64. The van der Waals surface area contributed by atoms with Crippen molar-refractivity contribution in [3.8, 4) is 11.4 Å². The van der Waals surface area contributed by atoms with E-state index in [0.29, 0.717) is 34.3 Å². The number of unbranched alkanes of at least 4 members (excludes halogenated alkanes) is 10. The first-order chi connectivity index (χ1) is 25.3. The number of benzene rings is 4. The zero-order valence-electron chi connectivity index (χ0n) is 29.6. The second-order valence-electron chi connectivity index (χ2n) is 12.8. The number of anilines is 3. The van der Waals surface area contributed by atoms with Crippen molar-refractivity contribution in [2.75, 3.05) is 17.7 Å². The van der Waals surface area contributed by atoms with Gasteiger partial charge >= 0.3 is 5.56 Å². The lowest BCUT2D eigenvalue weighted by atomic mass is 10.1. The number of aromatic amines is 1. The van der Waals surface area contributed by atoms with Crippen molar-refractivity contribution in [3.05, 3.63) is 98.2 Å². The molecule has 1 amide bonds. The Labute approximate surface area is 319 Å². The average Bonchev–Trinajstić information content (AvgIpc) is 3.42. The summed E-state index contributed by atoms with van der Waals surface area (Å²) in [6, 6.07) is 21.7. The molecule has 0 saturated heterocycles. The summed E-state index contributed by atoms with van der Waals surface area (Å²) in [6.45, 7) is 2.24.